The Morgan fingerprint density at radius 1 is 1.19 bits per heavy atom. The van der Waals surface area contributed by atoms with E-state index in [1.165, 1.54) is 12.1 Å². The summed E-state index contributed by atoms with van der Waals surface area (Å²) in [7, 11) is -3.76. The molecule has 120 valence electrons. The molecular formula is C15H24FNO3S. The van der Waals surface area contributed by atoms with Crippen LogP contribution in [0.3, 0.4) is 0 Å². The van der Waals surface area contributed by atoms with Gasteiger partial charge in [0, 0.05) is 6.54 Å². The first-order chi connectivity index (χ1) is 9.72. The van der Waals surface area contributed by atoms with E-state index in [0.29, 0.717) is 11.1 Å². The molecule has 0 aliphatic rings. The second kappa shape index (κ2) is 7.33. The number of hydrogen-bond acceptors (Lipinski definition) is 3. The number of aliphatic hydroxyl groups excluding tert-OH is 1. The molecule has 21 heavy (non-hydrogen) atoms. The lowest BCUT2D eigenvalue weighted by molar-refractivity contribution is 0.107. The molecule has 0 saturated heterocycles. The fraction of sp³-hybridized carbons (Fsp3) is 0.600. The van der Waals surface area contributed by atoms with Crippen molar-refractivity contribution in [3.8, 4) is 0 Å². The van der Waals surface area contributed by atoms with Crippen molar-refractivity contribution in [3.05, 3.63) is 29.1 Å². The van der Waals surface area contributed by atoms with Gasteiger partial charge in [0.25, 0.3) is 0 Å². The Bertz CT molecular complexity index is 560. The summed E-state index contributed by atoms with van der Waals surface area (Å²) in [4.78, 5) is 0.0839. The van der Waals surface area contributed by atoms with Crippen LogP contribution >= 0.6 is 0 Å². The zero-order valence-electron chi connectivity index (χ0n) is 13.0. The predicted molar refractivity (Wildman–Crippen MR) is 81.1 cm³/mol. The van der Waals surface area contributed by atoms with Gasteiger partial charge in [0.15, 0.2) is 0 Å². The van der Waals surface area contributed by atoms with Gasteiger partial charge in [0.1, 0.15) is 5.82 Å². The fourth-order valence-electron chi connectivity index (χ4n) is 2.59. The van der Waals surface area contributed by atoms with Crippen LogP contribution in [-0.2, 0) is 10.0 Å². The van der Waals surface area contributed by atoms with Crippen LogP contribution in [0.15, 0.2) is 17.0 Å². The summed E-state index contributed by atoms with van der Waals surface area (Å²) < 4.78 is 40.4. The van der Waals surface area contributed by atoms with Crippen molar-refractivity contribution in [2.75, 3.05) is 6.54 Å². The lowest BCUT2D eigenvalue weighted by Crippen LogP contribution is -2.36. The minimum Gasteiger partial charge on any atom is -0.391 e. The molecule has 1 atom stereocenters. The number of rotatable bonds is 7. The third-order valence-corrected chi connectivity index (χ3v) is 5.50. The van der Waals surface area contributed by atoms with Crippen molar-refractivity contribution < 1.29 is 17.9 Å². The number of benzene rings is 1. The molecule has 1 aromatic rings. The Morgan fingerprint density at radius 3 is 2.10 bits per heavy atom. The number of sulfonamides is 1. The Labute approximate surface area is 126 Å². The highest BCUT2D eigenvalue weighted by atomic mass is 32.2. The van der Waals surface area contributed by atoms with Gasteiger partial charge in [-0.25, -0.2) is 17.5 Å². The smallest absolute Gasteiger partial charge is 0.241 e. The number of aryl methyl sites for hydroxylation is 2. The SMILES string of the molecule is CCC(CC)C(O)CNS(=O)(=O)c1c(C)cc(F)cc1C. The molecule has 4 nitrogen and oxygen atoms in total. The lowest BCUT2D eigenvalue weighted by atomic mass is 9.97. The van der Waals surface area contributed by atoms with Crippen LogP contribution in [-0.4, -0.2) is 26.2 Å². The second-order valence-corrected chi connectivity index (χ2v) is 7.07. The standard InChI is InChI=1S/C15H24FNO3S/c1-5-12(6-2)14(18)9-17-21(19,20)15-10(3)7-13(16)8-11(15)4/h7-8,12,14,17-18H,5-6,9H2,1-4H3. The van der Waals surface area contributed by atoms with Gasteiger partial charge in [-0.05, 0) is 43.0 Å². The molecular weight excluding hydrogens is 293 g/mol. The normalized spacial score (nSPS) is 13.7. The molecule has 0 bridgehead atoms. The third-order valence-electron chi connectivity index (χ3n) is 3.77. The van der Waals surface area contributed by atoms with Gasteiger partial charge < -0.3 is 5.11 Å². The topological polar surface area (TPSA) is 66.4 Å². The van der Waals surface area contributed by atoms with Gasteiger partial charge in [-0.1, -0.05) is 26.7 Å². The third kappa shape index (κ3) is 4.49. The first-order valence-corrected chi connectivity index (χ1v) is 8.65. The van der Waals surface area contributed by atoms with Crippen LogP contribution in [0.25, 0.3) is 0 Å². The molecule has 1 rings (SSSR count). The largest absolute Gasteiger partial charge is 0.391 e. The van der Waals surface area contributed by atoms with Gasteiger partial charge in [-0.2, -0.15) is 0 Å². The average Bonchev–Trinajstić information content (AvgIpc) is 2.36. The van der Waals surface area contributed by atoms with E-state index < -0.39 is 21.9 Å². The van der Waals surface area contributed by atoms with Crippen LogP contribution in [0.2, 0.25) is 0 Å². The van der Waals surface area contributed by atoms with Crippen molar-refractivity contribution >= 4 is 10.0 Å². The maximum atomic E-state index is 13.3. The zero-order valence-corrected chi connectivity index (χ0v) is 13.8. The summed E-state index contributed by atoms with van der Waals surface area (Å²) in [5, 5.41) is 10.0. The molecule has 0 amide bonds. The molecule has 0 aromatic heterocycles. The van der Waals surface area contributed by atoms with Crippen LogP contribution in [0.5, 0.6) is 0 Å². The lowest BCUT2D eigenvalue weighted by Gasteiger charge is -2.21. The Hall–Kier alpha value is -0.980. The fourth-order valence-corrected chi connectivity index (χ4v) is 4.09. The van der Waals surface area contributed by atoms with Crippen molar-refractivity contribution in [2.24, 2.45) is 5.92 Å². The number of halogens is 1. The van der Waals surface area contributed by atoms with Gasteiger partial charge in [-0.15, -0.1) is 0 Å². The first-order valence-electron chi connectivity index (χ1n) is 7.17. The van der Waals surface area contributed by atoms with Gasteiger partial charge in [-0.3, -0.25) is 0 Å². The van der Waals surface area contributed by atoms with E-state index in [0.717, 1.165) is 12.8 Å². The van der Waals surface area contributed by atoms with E-state index in [9.17, 15) is 17.9 Å². The van der Waals surface area contributed by atoms with E-state index in [4.69, 9.17) is 0 Å². The zero-order chi connectivity index (χ0) is 16.2. The maximum Gasteiger partial charge on any atom is 0.241 e. The summed E-state index contributed by atoms with van der Waals surface area (Å²) in [5.41, 5.74) is 0.717. The number of aliphatic hydroxyl groups is 1. The molecule has 0 fully saturated rings. The molecule has 0 heterocycles. The van der Waals surface area contributed by atoms with Gasteiger partial charge in [0.2, 0.25) is 10.0 Å². The Morgan fingerprint density at radius 2 is 1.67 bits per heavy atom. The second-order valence-electron chi connectivity index (χ2n) is 5.36. The van der Waals surface area contributed by atoms with E-state index in [1.807, 2.05) is 13.8 Å². The molecule has 2 N–H and O–H groups in total. The van der Waals surface area contributed by atoms with Crippen LogP contribution in [0.4, 0.5) is 4.39 Å². The highest BCUT2D eigenvalue weighted by Gasteiger charge is 2.23. The van der Waals surface area contributed by atoms with E-state index >= 15 is 0 Å². The average molecular weight is 317 g/mol. The molecule has 1 unspecified atom stereocenters. The van der Waals surface area contributed by atoms with Gasteiger partial charge in [0.05, 0.1) is 11.0 Å². The molecule has 1 aromatic carbocycles. The van der Waals surface area contributed by atoms with Crippen molar-refractivity contribution in [1.29, 1.82) is 0 Å². The molecule has 0 aliphatic carbocycles. The van der Waals surface area contributed by atoms with Crippen molar-refractivity contribution in [2.45, 2.75) is 51.5 Å². The maximum absolute atomic E-state index is 13.3. The summed E-state index contributed by atoms with van der Waals surface area (Å²) >= 11 is 0. The molecule has 0 radical (unpaired) electrons. The number of hydrogen-bond donors (Lipinski definition) is 2. The van der Waals surface area contributed by atoms with Crippen LogP contribution in [0, 0.1) is 25.6 Å². The Kier molecular flexibility index (Phi) is 6.31. The Balaban J connectivity index is 2.93. The number of nitrogens with one attached hydrogen (secondary N) is 1. The quantitative estimate of drug-likeness (QED) is 0.812. The highest BCUT2D eigenvalue weighted by molar-refractivity contribution is 7.89. The minimum atomic E-state index is -3.76. The minimum absolute atomic E-state index is 0.0368. The van der Waals surface area contributed by atoms with Crippen molar-refractivity contribution in [3.63, 3.8) is 0 Å². The van der Waals surface area contributed by atoms with E-state index in [2.05, 4.69) is 4.72 Å². The summed E-state index contributed by atoms with van der Waals surface area (Å²) in [6, 6.07) is 2.39. The van der Waals surface area contributed by atoms with Gasteiger partial charge >= 0.3 is 0 Å². The predicted octanol–water partition coefficient (Wildman–Crippen LogP) is 2.52. The summed E-state index contributed by atoms with van der Waals surface area (Å²) in [6.45, 7) is 7.00. The molecule has 0 aliphatic heterocycles. The molecule has 0 spiro atoms. The van der Waals surface area contributed by atoms with E-state index in [1.54, 1.807) is 13.8 Å². The first kappa shape index (κ1) is 18.1. The monoisotopic (exact) mass is 317 g/mol. The molecule has 0 saturated carbocycles. The summed E-state index contributed by atoms with van der Waals surface area (Å²) in [5.74, 6) is -0.399. The highest BCUT2D eigenvalue weighted by Crippen LogP contribution is 2.21. The van der Waals surface area contributed by atoms with E-state index in [-0.39, 0.29) is 17.4 Å². The molecule has 6 heteroatoms. The van der Waals surface area contributed by atoms with Crippen LogP contribution in [0.1, 0.15) is 37.8 Å². The summed E-state index contributed by atoms with van der Waals surface area (Å²) in [6.07, 6.45) is 0.845. The van der Waals surface area contributed by atoms with Crippen LogP contribution < -0.4 is 4.72 Å². The van der Waals surface area contributed by atoms with Crippen molar-refractivity contribution in [1.82, 2.24) is 4.72 Å².